The number of aryl methyl sites for hydroxylation is 1. The first-order chi connectivity index (χ1) is 14.2. The Morgan fingerprint density at radius 2 is 1.90 bits per heavy atom. The summed E-state index contributed by atoms with van der Waals surface area (Å²) in [5.41, 5.74) is 2.22. The first-order valence-corrected chi connectivity index (χ1v) is 9.56. The first-order valence-electron chi connectivity index (χ1n) is 9.56. The van der Waals surface area contributed by atoms with Crippen molar-refractivity contribution >= 4 is 5.96 Å². The van der Waals surface area contributed by atoms with Crippen molar-refractivity contribution < 1.29 is 13.9 Å². The minimum absolute atomic E-state index is 0.0988. The highest BCUT2D eigenvalue weighted by atomic mass is 16.6. The van der Waals surface area contributed by atoms with E-state index in [-0.39, 0.29) is 6.10 Å². The van der Waals surface area contributed by atoms with Gasteiger partial charge in [-0.25, -0.2) is 4.98 Å². The van der Waals surface area contributed by atoms with Crippen LogP contribution in [0.5, 0.6) is 11.5 Å². The summed E-state index contributed by atoms with van der Waals surface area (Å²) in [6.45, 7) is 3.53. The van der Waals surface area contributed by atoms with E-state index in [1.165, 1.54) is 5.56 Å². The molecule has 7 nitrogen and oxygen atoms in total. The zero-order chi connectivity index (χ0) is 20.1. The number of fused-ring (bicyclic) bond motifs is 1. The minimum Gasteiger partial charge on any atom is -0.486 e. The Morgan fingerprint density at radius 1 is 1.10 bits per heavy atom. The second-order valence-corrected chi connectivity index (χ2v) is 6.79. The molecule has 3 aromatic rings. The number of oxazole rings is 1. The fourth-order valence-electron chi connectivity index (χ4n) is 3.00. The van der Waals surface area contributed by atoms with E-state index in [4.69, 9.17) is 13.9 Å². The van der Waals surface area contributed by atoms with Gasteiger partial charge in [-0.05, 0) is 19.1 Å². The van der Waals surface area contributed by atoms with Gasteiger partial charge >= 0.3 is 0 Å². The van der Waals surface area contributed by atoms with Crippen LogP contribution in [0.3, 0.4) is 0 Å². The number of hydrogen-bond donors (Lipinski definition) is 2. The second kappa shape index (κ2) is 8.68. The van der Waals surface area contributed by atoms with Gasteiger partial charge in [0.15, 0.2) is 23.2 Å². The lowest BCUT2D eigenvalue weighted by Gasteiger charge is -2.27. The quantitative estimate of drug-likeness (QED) is 0.513. The standard InChI is InChI=1S/C22H24N4O3/c1-15-7-9-16(10-8-15)20-12-24-21(29-20)13-26-22(23-2)25-11-17-14-27-18-5-3-4-6-19(18)28-17/h3-10,12,17H,11,13-14H2,1-2H3,(H2,23,25,26). The van der Waals surface area contributed by atoms with E-state index < -0.39 is 0 Å². The molecule has 0 radical (unpaired) electrons. The summed E-state index contributed by atoms with van der Waals surface area (Å²) in [6.07, 6.45) is 1.64. The third-order valence-corrected chi connectivity index (χ3v) is 4.59. The van der Waals surface area contributed by atoms with Gasteiger partial charge in [-0.2, -0.15) is 0 Å². The second-order valence-electron chi connectivity index (χ2n) is 6.79. The van der Waals surface area contributed by atoms with Crippen LogP contribution < -0.4 is 20.1 Å². The molecular weight excluding hydrogens is 368 g/mol. The van der Waals surface area contributed by atoms with Gasteiger partial charge in [0.2, 0.25) is 5.89 Å². The molecule has 7 heteroatoms. The summed E-state index contributed by atoms with van der Waals surface area (Å²) in [5, 5.41) is 6.45. The summed E-state index contributed by atoms with van der Waals surface area (Å²) in [4.78, 5) is 8.57. The fourth-order valence-corrected chi connectivity index (χ4v) is 3.00. The van der Waals surface area contributed by atoms with Crippen LogP contribution in [-0.2, 0) is 6.54 Å². The number of nitrogens with one attached hydrogen (secondary N) is 2. The average molecular weight is 392 g/mol. The normalized spacial score (nSPS) is 15.8. The Morgan fingerprint density at radius 3 is 2.69 bits per heavy atom. The first kappa shape index (κ1) is 18.9. The molecule has 1 aliphatic heterocycles. The van der Waals surface area contributed by atoms with E-state index in [0.29, 0.717) is 31.5 Å². The van der Waals surface area contributed by atoms with Gasteiger partial charge in [-0.3, -0.25) is 4.99 Å². The van der Waals surface area contributed by atoms with Crippen molar-refractivity contribution in [3.63, 3.8) is 0 Å². The zero-order valence-corrected chi connectivity index (χ0v) is 16.5. The van der Waals surface area contributed by atoms with Gasteiger partial charge in [0.25, 0.3) is 0 Å². The summed E-state index contributed by atoms with van der Waals surface area (Å²) < 4.78 is 17.5. The van der Waals surface area contributed by atoms with Crippen molar-refractivity contribution in [2.75, 3.05) is 20.2 Å². The SMILES string of the molecule is CN=C(NCc1ncc(-c2ccc(C)cc2)o1)NCC1COc2ccccc2O1. The van der Waals surface area contributed by atoms with E-state index in [1.807, 2.05) is 36.4 Å². The molecule has 1 aliphatic rings. The third kappa shape index (κ3) is 4.68. The topological polar surface area (TPSA) is 80.9 Å². The van der Waals surface area contributed by atoms with Crippen LogP contribution in [0.4, 0.5) is 0 Å². The van der Waals surface area contributed by atoms with Crippen LogP contribution in [0.1, 0.15) is 11.5 Å². The molecule has 1 atom stereocenters. The Kier molecular flexibility index (Phi) is 5.65. The molecule has 0 spiro atoms. The van der Waals surface area contributed by atoms with Crippen molar-refractivity contribution in [1.29, 1.82) is 0 Å². The van der Waals surface area contributed by atoms with Crippen molar-refractivity contribution in [2.24, 2.45) is 4.99 Å². The summed E-state index contributed by atoms with van der Waals surface area (Å²) in [6, 6.07) is 15.8. The predicted octanol–water partition coefficient (Wildman–Crippen LogP) is 3.16. The summed E-state index contributed by atoms with van der Waals surface area (Å²) in [7, 11) is 1.72. The Balaban J connectivity index is 1.27. The van der Waals surface area contributed by atoms with Gasteiger partial charge < -0.3 is 24.5 Å². The average Bonchev–Trinajstić information content (AvgIpc) is 3.23. The fraction of sp³-hybridized carbons (Fsp3) is 0.273. The Labute approximate surface area is 169 Å². The zero-order valence-electron chi connectivity index (χ0n) is 16.5. The molecule has 2 heterocycles. The number of ether oxygens (including phenoxy) is 2. The highest BCUT2D eigenvalue weighted by Gasteiger charge is 2.20. The van der Waals surface area contributed by atoms with Crippen LogP contribution in [-0.4, -0.2) is 37.2 Å². The molecule has 29 heavy (non-hydrogen) atoms. The molecule has 2 aromatic carbocycles. The monoisotopic (exact) mass is 392 g/mol. The van der Waals surface area contributed by atoms with Crippen molar-refractivity contribution in [3.05, 3.63) is 66.2 Å². The van der Waals surface area contributed by atoms with Crippen LogP contribution in [0, 0.1) is 6.92 Å². The number of aliphatic imine (C=N–C) groups is 1. The molecule has 0 saturated carbocycles. The van der Waals surface area contributed by atoms with Crippen molar-refractivity contribution in [2.45, 2.75) is 19.6 Å². The number of aromatic nitrogens is 1. The van der Waals surface area contributed by atoms with Crippen molar-refractivity contribution in [3.8, 4) is 22.8 Å². The number of nitrogens with zero attached hydrogens (tertiary/aromatic N) is 2. The van der Waals surface area contributed by atoms with E-state index >= 15 is 0 Å². The van der Waals surface area contributed by atoms with E-state index in [1.54, 1.807) is 13.2 Å². The number of benzene rings is 2. The molecule has 2 N–H and O–H groups in total. The molecule has 4 rings (SSSR count). The molecule has 0 fully saturated rings. The molecular formula is C22H24N4O3. The highest BCUT2D eigenvalue weighted by Crippen LogP contribution is 2.30. The van der Waals surface area contributed by atoms with Gasteiger partial charge in [-0.15, -0.1) is 0 Å². The Hall–Kier alpha value is -3.48. The molecule has 1 unspecified atom stereocenters. The third-order valence-electron chi connectivity index (χ3n) is 4.59. The van der Waals surface area contributed by atoms with E-state index in [9.17, 15) is 0 Å². The molecule has 1 aromatic heterocycles. The van der Waals surface area contributed by atoms with Crippen LogP contribution in [0.15, 0.2) is 64.1 Å². The van der Waals surface area contributed by atoms with Gasteiger partial charge in [0.1, 0.15) is 12.7 Å². The van der Waals surface area contributed by atoms with Gasteiger partial charge in [0, 0.05) is 12.6 Å². The Bertz CT molecular complexity index is 982. The lowest BCUT2D eigenvalue weighted by atomic mass is 10.1. The van der Waals surface area contributed by atoms with E-state index in [2.05, 4.69) is 39.7 Å². The summed E-state index contributed by atoms with van der Waals surface area (Å²) in [5.74, 6) is 3.52. The summed E-state index contributed by atoms with van der Waals surface area (Å²) >= 11 is 0. The molecule has 0 bridgehead atoms. The smallest absolute Gasteiger partial charge is 0.214 e. The minimum atomic E-state index is -0.0988. The van der Waals surface area contributed by atoms with E-state index in [0.717, 1.165) is 22.8 Å². The van der Waals surface area contributed by atoms with Gasteiger partial charge in [-0.1, -0.05) is 42.0 Å². The molecule has 0 amide bonds. The maximum atomic E-state index is 5.95. The lowest BCUT2D eigenvalue weighted by molar-refractivity contribution is 0.0936. The largest absolute Gasteiger partial charge is 0.486 e. The van der Waals surface area contributed by atoms with Crippen LogP contribution in [0.2, 0.25) is 0 Å². The van der Waals surface area contributed by atoms with Gasteiger partial charge in [0.05, 0.1) is 19.3 Å². The van der Waals surface area contributed by atoms with Crippen LogP contribution >= 0.6 is 0 Å². The number of guanidine groups is 1. The van der Waals surface area contributed by atoms with Crippen LogP contribution in [0.25, 0.3) is 11.3 Å². The number of hydrogen-bond acceptors (Lipinski definition) is 5. The number of rotatable bonds is 5. The maximum absolute atomic E-state index is 5.95. The molecule has 150 valence electrons. The molecule has 0 saturated heterocycles. The maximum Gasteiger partial charge on any atom is 0.214 e. The highest BCUT2D eigenvalue weighted by molar-refractivity contribution is 5.79. The van der Waals surface area contributed by atoms with Crippen molar-refractivity contribution in [1.82, 2.24) is 15.6 Å². The number of para-hydroxylation sites is 2. The molecule has 0 aliphatic carbocycles. The predicted molar refractivity (Wildman–Crippen MR) is 111 cm³/mol. The lowest BCUT2D eigenvalue weighted by Crippen LogP contribution is -2.45.